The van der Waals surface area contributed by atoms with Crippen LogP contribution in [0.1, 0.15) is 131 Å². The van der Waals surface area contributed by atoms with Crippen LogP contribution in [0.5, 0.6) is 11.5 Å². The van der Waals surface area contributed by atoms with Crippen molar-refractivity contribution in [1.29, 1.82) is 0 Å². The third-order valence-electron chi connectivity index (χ3n) is 7.98. The number of halogens is 1. The van der Waals surface area contributed by atoms with Crippen molar-refractivity contribution in [2.24, 2.45) is 0 Å². The number of hydrogen-bond acceptors (Lipinski definition) is 5. The number of unbranched alkanes of at least 4 members (excludes halogenated alkanes) is 9. The Morgan fingerprint density at radius 1 is 0.622 bits per heavy atom. The average molecular weight is 619 g/mol. The van der Waals surface area contributed by atoms with Crippen molar-refractivity contribution in [2.75, 3.05) is 6.61 Å². The van der Waals surface area contributed by atoms with Crippen molar-refractivity contribution in [3.8, 4) is 22.6 Å². The molecule has 45 heavy (non-hydrogen) atoms. The third kappa shape index (κ3) is 12.7. The minimum Gasteiger partial charge on any atom is -0.494 e. The molecule has 0 aromatic heterocycles. The molecule has 0 aliphatic heterocycles. The lowest BCUT2D eigenvalue weighted by Crippen LogP contribution is -2.19. The zero-order valence-corrected chi connectivity index (χ0v) is 27.5. The summed E-state index contributed by atoms with van der Waals surface area (Å²) < 4.78 is 31.7. The average Bonchev–Trinajstić information content (AvgIpc) is 3.06. The molecule has 0 fully saturated rings. The SMILES string of the molecule is CCCCCCCCCCOc1ccc(-c2ccc(C(=O)Oc3ccc(C(=O)OC(CCCC)CCCC)cc3F)cc2)cc1. The van der Waals surface area contributed by atoms with Gasteiger partial charge in [-0.05, 0) is 72.9 Å². The molecule has 0 aliphatic rings. The zero-order valence-electron chi connectivity index (χ0n) is 27.5. The minimum atomic E-state index is -0.794. The van der Waals surface area contributed by atoms with Crippen molar-refractivity contribution in [3.63, 3.8) is 0 Å². The van der Waals surface area contributed by atoms with E-state index in [1.165, 1.54) is 57.1 Å². The van der Waals surface area contributed by atoms with Crippen molar-refractivity contribution in [2.45, 2.75) is 117 Å². The molecule has 0 unspecified atom stereocenters. The Morgan fingerprint density at radius 2 is 1.16 bits per heavy atom. The summed E-state index contributed by atoms with van der Waals surface area (Å²) in [7, 11) is 0. The summed E-state index contributed by atoms with van der Waals surface area (Å²) in [4.78, 5) is 25.4. The molecule has 0 saturated heterocycles. The van der Waals surface area contributed by atoms with Gasteiger partial charge in [0.05, 0.1) is 17.7 Å². The minimum absolute atomic E-state index is 0.0965. The summed E-state index contributed by atoms with van der Waals surface area (Å²) in [6.45, 7) is 7.15. The predicted molar refractivity (Wildman–Crippen MR) is 180 cm³/mol. The molecule has 3 rings (SSSR count). The maximum Gasteiger partial charge on any atom is 0.343 e. The van der Waals surface area contributed by atoms with Gasteiger partial charge in [0, 0.05) is 0 Å². The smallest absolute Gasteiger partial charge is 0.343 e. The van der Waals surface area contributed by atoms with Crippen LogP contribution in [0.15, 0.2) is 66.7 Å². The fourth-order valence-electron chi connectivity index (χ4n) is 5.18. The van der Waals surface area contributed by atoms with Gasteiger partial charge in [-0.2, -0.15) is 0 Å². The summed E-state index contributed by atoms with van der Waals surface area (Å²) >= 11 is 0. The highest BCUT2D eigenvalue weighted by Crippen LogP contribution is 2.25. The fraction of sp³-hybridized carbons (Fsp3) is 0.487. The van der Waals surface area contributed by atoms with Crippen molar-refractivity contribution >= 4 is 11.9 Å². The second-order valence-electron chi connectivity index (χ2n) is 11.8. The molecule has 0 saturated carbocycles. The van der Waals surface area contributed by atoms with Crippen LogP contribution >= 0.6 is 0 Å². The van der Waals surface area contributed by atoms with Crippen LogP contribution in [0, 0.1) is 5.82 Å². The Balaban J connectivity index is 1.48. The maximum absolute atomic E-state index is 14.8. The first-order valence-corrected chi connectivity index (χ1v) is 17.0. The van der Waals surface area contributed by atoms with Gasteiger partial charge in [0.25, 0.3) is 0 Å². The highest BCUT2D eigenvalue weighted by Gasteiger charge is 2.19. The first kappa shape index (κ1) is 35.8. The van der Waals surface area contributed by atoms with E-state index in [-0.39, 0.29) is 17.4 Å². The molecule has 0 heterocycles. The normalized spacial score (nSPS) is 11.0. The van der Waals surface area contributed by atoms with E-state index in [0.29, 0.717) is 5.56 Å². The zero-order chi connectivity index (χ0) is 32.3. The summed E-state index contributed by atoms with van der Waals surface area (Å²) in [6, 6.07) is 18.7. The molecule has 244 valence electrons. The number of carbonyl (C=O) groups is 2. The molecule has 0 radical (unpaired) electrons. The highest BCUT2D eigenvalue weighted by atomic mass is 19.1. The lowest BCUT2D eigenvalue weighted by Gasteiger charge is -2.17. The van der Waals surface area contributed by atoms with Crippen LogP contribution < -0.4 is 9.47 Å². The first-order chi connectivity index (χ1) is 21.9. The standard InChI is InChI=1S/C39H51FO5/c1-4-7-10-11-12-13-14-15-28-43-34-25-22-31(23-26-34)30-18-20-32(21-19-30)38(41)45-37-27-24-33(29-36(37)40)39(42)44-35(16-8-5-2)17-9-6-3/h18-27,29,35H,4-17,28H2,1-3H3. The van der Waals surface area contributed by atoms with Gasteiger partial charge >= 0.3 is 11.9 Å². The number of hydrogen-bond donors (Lipinski definition) is 0. The van der Waals surface area contributed by atoms with E-state index >= 15 is 0 Å². The Labute approximate surface area is 269 Å². The second kappa shape index (κ2) is 20.4. The van der Waals surface area contributed by atoms with Gasteiger partial charge in [0.15, 0.2) is 11.6 Å². The van der Waals surface area contributed by atoms with E-state index in [9.17, 15) is 14.0 Å². The van der Waals surface area contributed by atoms with Gasteiger partial charge in [0.2, 0.25) is 0 Å². The van der Waals surface area contributed by atoms with Crippen LogP contribution in [0.2, 0.25) is 0 Å². The van der Waals surface area contributed by atoms with Gasteiger partial charge in [-0.25, -0.2) is 14.0 Å². The number of ether oxygens (including phenoxy) is 3. The molecule has 0 spiro atoms. The van der Waals surface area contributed by atoms with Crippen molar-refractivity contribution < 1.29 is 28.2 Å². The van der Waals surface area contributed by atoms with Gasteiger partial charge < -0.3 is 14.2 Å². The van der Waals surface area contributed by atoms with Crippen LogP contribution in [-0.4, -0.2) is 24.6 Å². The first-order valence-electron chi connectivity index (χ1n) is 17.0. The maximum atomic E-state index is 14.8. The van der Waals surface area contributed by atoms with Gasteiger partial charge in [-0.3, -0.25) is 0 Å². The third-order valence-corrected chi connectivity index (χ3v) is 7.98. The van der Waals surface area contributed by atoms with E-state index < -0.39 is 17.8 Å². The Bertz CT molecular complexity index is 1280. The Hall–Kier alpha value is -3.67. The summed E-state index contributed by atoms with van der Waals surface area (Å²) in [5.41, 5.74) is 2.32. The molecule has 3 aromatic rings. The van der Waals surface area contributed by atoms with E-state index in [2.05, 4.69) is 20.8 Å². The highest BCUT2D eigenvalue weighted by molar-refractivity contribution is 5.92. The van der Waals surface area contributed by atoms with Gasteiger partial charge in [-0.15, -0.1) is 0 Å². The quantitative estimate of drug-likeness (QED) is 0.0675. The van der Waals surface area contributed by atoms with Crippen molar-refractivity contribution in [1.82, 2.24) is 0 Å². The van der Waals surface area contributed by atoms with Crippen molar-refractivity contribution in [3.05, 3.63) is 83.7 Å². The molecular formula is C39H51FO5. The molecule has 0 bridgehead atoms. The number of rotatable bonds is 21. The van der Waals surface area contributed by atoms with Gasteiger partial charge in [0.1, 0.15) is 11.9 Å². The second-order valence-corrected chi connectivity index (χ2v) is 11.8. The number of carbonyl (C=O) groups excluding carboxylic acids is 2. The summed E-state index contributed by atoms with van der Waals surface area (Å²) in [5, 5.41) is 0. The molecule has 0 N–H and O–H groups in total. The van der Waals surface area contributed by atoms with Crippen LogP contribution in [0.3, 0.4) is 0 Å². The Morgan fingerprint density at radius 3 is 1.73 bits per heavy atom. The number of esters is 2. The molecular weight excluding hydrogens is 567 g/mol. The fourth-order valence-corrected chi connectivity index (χ4v) is 5.18. The molecule has 0 aliphatic carbocycles. The van der Waals surface area contributed by atoms with E-state index in [4.69, 9.17) is 14.2 Å². The molecule has 3 aromatic carbocycles. The van der Waals surface area contributed by atoms with E-state index in [1.807, 2.05) is 36.4 Å². The van der Waals surface area contributed by atoms with Crippen LogP contribution in [0.4, 0.5) is 4.39 Å². The van der Waals surface area contributed by atoms with Crippen LogP contribution in [0.25, 0.3) is 11.1 Å². The summed E-state index contributed by atoms with van der Waals surface area (Å²) in [6.07, 6.45) is 15.5. The largest absolute Gasteiger partial charge is 0.494 e. The summed E-state index contributed by atoms with van der Waals surface area (Å²) in [5.74, 6) is -1.44. The number of benzene rings is 3. The molecule has 0 amide bonds. The topological polar surface area (TPSA) is 61.8 Å². The Kier molecular flexibility index (Phi) is 16.2. The van der Waals surface area contributed by atoms with E-state index in [1.54, 1.807) is 12.1 Å². The lowest BCUT2D eigenvalue weighted by molar-refractivity contribution is 0.0250. The monoisotopic (exact) mass is 618 g/mol. The predicted octanol–water partition coefficient (Wildman–Crippen LogP) is 11.1. The van der Waals surface area contributed by atoms with Crippen LogP contribution in [-0.2, 0) is 4.74 Å². The molecule has 6 heteroatoms. The lowest BCUT2D eigenvalue weighted by atomic mass is 10.0. The van der Waals surface area contributed by atoms with E-state index in [0.717, 1.165) is 74.5 Å². The van der Waals surface area contributed by atoms with Gasteiger partial charge in [-0.1, -0.05) is 116 Å². The molecule has 0 atom stereocenters. The molecule has 5 nitrogen and oxygen atoms in total.